The average Bonchev–Trinajstić information content (AvgIpc) is 2.57. The molecule has 0 unspecified atom stereocenters. The summed E-state index contributed by atoms with van der Waals surface area (Å²) in [6.07, 6.45) is 12.4. The number of aliphatic hydroxyl groups is 2. The van der Waals surface area contributed by atoms with Crippen LogP contribution in [0.5, 0.6) is 0 Å². The molecular formula is C18H38O5. The second-order valence-electron chi connectivity index (χ2n) is 5.82. The molecular weight excluding hydrogens is 296 g/mol. The molecule has 5 nitrogen and oxygen atoms in total. The van der Waals surface area contributed by atoms with Crippen LogP contribution < -0.4 is 0 Å². The van der Waals surface area contributed by atoms with E-state index in [1.165, 1.54) is 51.4 Å². The Hall–Kier alpha value is -0.200. The molecule has 0 saturated heterocycles. The lowest BCUT2D eigenvalue weighted by Crippen LogP contribution is -2.11. The first-order chi connectivity index (χ1) is 11.4. The van der Waals surface area contributed by atoms with Gasteiger partial charge in [-0.05, 0) is 12.8 Å². The highest BCUT2D eigenvalue weighted by Gasteiger charge is 1.94. The predicted molar refractivity (Wildman–Crippen MR) is 92.8 cm³/mol. The van der Waals surface area contributed by atoms with Crippen LogP contribution in [-0.2, 0) is 14.2 Å². The molecule has 0 rings (SSSR count). The molecule has 2 N–H and O–H groups in total. The van der Waals surface area contributed by atoms with Gasteiger partial charge >= 0.3 is 0 Å². The Balaban J connectivity index is 2.92. The monoisotopic (exact) mass is 334 g/mol. The van der Waals surface area contributed by atoms with E-state index >= 15 is 0 Å². The van der Waals surface area contributed by atoms with Crippen LogP contribution in [-0.4, -0.2) is 63.1 Å². The van der Waals surface area contributed by atoms with Gasteiger partial charge in [-0.25, -0.2) is 0 Å². The predicted octanol–water partition coefficient (Wildman–Crippen LogP) is 2.92. The molecule has 5 heteroatoms. The summed E-state index contributed by atoms with van der Waals surface area (Å²) < 4.78 is 15.9. The Bertz CT molecular complexity index is 182. The highest BCUT2D eigenvalue weighted by atomic mass is 16.5. The van der Waals surface area contributed by atoms with E-state index < -0.39 is 0 Å². The number of hydrogen-bond acceptors (Lipinski definition) is 5. The van der Waals surface area contributed by atoms with E-state index in [2.05, 4.69) is 0 Å². The van der Waals surface area contributed by atoms with Crippen LogP contribution in [0.15, 0.2) is 0 Å². The highest BCUT2D eigenvalue weighted by molar-refractivity contribution is 4.48. The molecule has 0 atom stereocenters. The first kappa shape index (κ1) is 22.8. The van der Waals surface area contributed by atoms with E-state index in [1.54, 1.807) is 0 Å². The van der Waals surface area contributed by atoms with Gasteiger partial charge in [-0.1, -0.05) is 51.4 Å². The molecule has 140 valence electrons. The van der Waals surface area contributed by atoms with Gasteiger partial charge in [-0.3, -0.25) is 0 Å². The van der Waals surface area contributed by atoms with Gasteiger partial charge in [-0.15, -0.1) is 0 Å². The van der Waals surface area contributed by atoms with Gasteiger partial charge in [0, 0.05) is 13.2 Å². The van der Waals surface area contributed by atoms with E-state index in [0.717, 1.165) is 19.4 Å². The van der Waals surface area contributed by atoms with Crippen LogP contribution in [0.4, 0.5) is 0 Å². The van der Waals surface area contributed by atoms with Crippen molar-refractivity contribution in [3.63, 3.8) is 0 Å². The molecule has 0 saturated carbocycles. The van der Waals surface area contributed by atoms with Crippen molar-refractivity contribution in [3.05, 3.63) is 0 Å². The molecule has 0 aliphatic heterocycles. The summed E-state index contributed by atoms with van der Waals surface area (Å²) >= 11 is 0. The van der Waals surface area contributed by atoms with Gasteiger partial charge in [-0.2, -0.15) is 0 Å². The molecule has 0 radical (unpaired) electrons. The topological polar surface area (TPSA) is 68.2 Å². The standard InChI is InChI=1S/C18H38O5/c19-11-9-7-5-3-1-2-4-6-8-10-13-21-15-17-23-18-16-22-14-12-20/h19-20H,1-18H2. The summed E-state index contributed by atoms with van der Waals surface area (Å²) in [7, 11) is 0. The third-order valence-electron chi connectivity index (χ3n) is 3.68. The lowest BCUT2D eigenvalue weighted by Gasteiger charge is -2.06. The molecule has 23 heavy (non-hydrogen) atoms. The molecule has 0 bridgehead atoms. The van der Waals surface area contributed by atoms with Crippen LogP contribution >= 0.6 is 0 Å². The maximum absolute atomic E-state index is 8.68. The molecule has 0 aliphatic carbocycles. The highest BCUT2D eigenvalue weighted by Crippen LogP contribution is 2.10. The SMILES string of the molecule is OCCCCCCCCCCCCOCCOCCOCCO. The Kier molecular flexibility index (Phi) is 21.6. The molecule has 0 aliphatic rings. The summed E-state index contributed by atoms with van der Waals surface area (Å²) in [5.41, 5.74) is 0. The summed E-state index contributed by atoms with van der Waals surface area (Å²) in [6, 6.07) is 0. The number of rotatable bonds is 20. The minimum Gasteiger partial charge on any atom is -0.396 e. The molecule has 0 aromatic heterocycles. The fourth-order valence-corrected chi connectivity index (χ4v) is 2.34. The van der Waals surface area contributed by atoms with E-state index in [1.807, 2.05) is 0 Å². The molecule has 0 fully saturated rings. The Morgan fingerprint density at radius 2 is 0.739 bits per heavy atom. The van der Waals surface area contributed by atoms with Crippen molar-refractivity contribution in [1.29, 1.82) is 0 Å². The summed E-state index contributed by atoms with van der Waals surface area (Å²) in [4.78, 5) is 0. The third-order valence-corrected chi connectivity index (χ3v) is 3.68. The van der Waals surface area contributed by atoms with Crippen molar-refractivity contribution in [1.82, 2.24) is 0 Å². The molecule has 0 heterocycles. The van der Waals surface area contributed by atoms with E-state index in [4.69, 9.17) is 24.4 Å². The van der Waals surface area contributed by atoms with Crippen LogP contribution in [0.1, 0.15) is 64.2 Å². The average molecular weight is 334 g/mol. The van der Waals surface area contributed by atoms with Crippen LogP contribution in [0, 0.1) is 0 Å². The van der Waals surface area contributed by atoms with Crippen molar-refractivity contribution >= 4 is 0 Å². The van der Waals surface area contributed by atoms with Gasteiger partial charge in [0.05, 0.1) is 39.6 Å². The lowest BCUT2D eigenvalue weighted by molar-refractivity contribution is 0.00719. The summed E-state index contributed by atoms with van der Waals surface area (Å²) in [5.74, 6) is 0. The Morgan fingerprint density at radius 3 is 1.22 bits per heavy atom. The maximum atomic E-state index is 8.68. The van der Waals surface area contributed by atoms with Gasteiger partial charge in [0.15, 0.2) is 0 Å². The summed E-state index contributed by atoms with van der Waals surface area (Å²) in [5, 5.41) is 17.2. The van der Waals surface area contributed by atoms with Crippen molar-refractivity contribution in [2.24, 2.45) is 0 Å². The Labute approximate surface area is 142 Å². The number of hydrogen-bond donors (Lipinski definition) is 2. The molecule has 0 aromatic rings. The van der Waals surface area contributed by atoms with Gasteiger partial charge in [0.25, 0.3) is 0 Å². The maximum Gasteiger partial charge on any atom is 0.0701 e. The number of ether oxygens (including phenoxy) is 3. The zero-order chi connectivity index (χ0) is 16.8. The number of unbranched alkanes of at least 4 members (excludes halogenated alkanes) is 9. The molecule has 0 spiro atoms. The smallest absolute Gasteiger partial charge is 0.0701 e. The zero-order valence-electron chi connectivity index (χ0n) is 14.8. The van der Waals surface area contributed by atoms with E-state index in [0.29, 0.717) is 39.6 Å². The normalized spacial score (nSPS) is 11.2. The zero-order valence-corrected chi connectivity index (χ0v) is 14.8. The van der Waals surface area contributed by atoms with Gasteiger partial charge in [0.2, 0.25) is 0 Å². The van der Waals surface area contributed by atoms with Crippen molar-refractivity contribution in [2.75, 3.05) is 52.9 Å². The molecule has 0 aromatic carbocycles. The summed E-state index contributed by atoms with van der Waals surface area (Å²) in [6.45, 7) is 3.95. The van der Waals surface area contributed by atoms with Crippen LogP contribution in [0.25, 0.3) is 0 Å². The van der Waals surface area contributed by atoms with E-state index in [-0.39, 0.29) is 6.61 Å². The van der Waals surface area contributed by atoms with Crippen molar-refractivity contribution in [3.8, 4) is 0 Å². The van der Waals surface area contributed by atoms with Crippen molar-refractivity contribution in [2.45, 2.75) is 64.2 Å². The second-order valence-corrected chi connectivity index (χ2v) is 5.82. The van der Waals surface area contributed by atoms with Gasteiger partial charge in [0.1, 0.15) is 0 Å². The fraction of sp³-hybridized carbons (Fsp3) is 1.00. The first-order valence-electron chi connectivity index (χ1n) is 9.36. The molecule has 0 amide bonds. The first-order valence-corrected chi connectivity index (χ1v) is 9.36. The second kappa shape index (κ2) is 21.8. The minimum atomic E-state index is 0.0632. The van der Waals surface area contributed by atoms with Crippen LogP contribution in [0.2, 0.25) is 0 Å². The van der Waals surface area contributed by atoms with Crippen molar-refractivity contribution < 1.29 is 24.4 Å². The lowest BCUT2D eigenvalue weighted by atomic mass is 10.1. The van der Waals surface area contributed by atoms with E-state index in [9.17, 15) is 0 Å². The Morgan fingerprint density at radius 1 is 0.348 bits per heavy atom. The third kappa shape index (κ3) is 21.8. The number of aliphatic hydroxyl groups excluding tert-OH is 2. The van der Waals surface area contributed by atoms with Crippen LogP contribution in [0.3, 0.4) is 0 Å². The quantitative estimate of drug-likeness (QED) is 0.335. The largest absolute Gasteiger partial charge is 0.396 e. The fourth-order valence-electron chi connectivity index (χ4n) is 2.34. The van der Waals surface area contributed by atoms with Gasteiger partial charge < -0.3 is 24.4 Å². The minimum absolute atomic E-state index is 0.0632.